The molecule has 0 bridgehead atoms. The van der Waals surface area contributed by atoms with Crippen LogP contribution in [0.15, 0.2) is 0 Å². The van der Waals surface area contributed by atoms with Crippen LogP contribution in [-0.2, 0) is 9.59 Å². The van der Waals surface area contributed by atoms with E-state index in [2.05, 4.69) is 0 Å². The highest BCUT2D eigenvalue weighted by atomic mass is 33.1. The molecule has 0 aliphatic carbocycles. The number of nitrogens with two attached hydrogens (primary N) is 2. The van der Waals surface area contributed by atoms with Crippen molar-refractivity contribution >= 4 is 33.5 Å². The highest BCUT2D eigenvalue weighted by molar-refractivity contribution is 8.77. The van der Waals surface area contributed by atoms with Gasteiger partial charge in [-0.25, -0.2) is 0 Å². The first-order valence-electron chi connectivity index (χ1n) is 4.46. The Hall–Kier alpha value is -0.440. The molecule has 0 aromatic heterocycles. The summed E-state index contributed by atoms with van der Waals surface area (Å²) in [6.45, 7) is 3.38. The van der Waals surface area contributed by atoms with E-state index in [1.54, 1.807) is 13.8 Å². The van der Waals surface area contributed by atoms with Crippen molar-refractivity contribution in [2.24, 2.45) is 11.5 Å². The predicted molar refractivity (Wildman–Crippen MR) is 65.4 cm³/mol. The number of carbonyl (C=O) groups is 2. The molecule has 0 spiro atoms. The Labute approximate surface area is 102 Å². The molecule has 6 nitrogen and oxygen atoms in total. The summed E-state index contributed by atoms with van der Waals surface area (Å²) in [5.74, 6) is -1.95. The number of hydrogen-bond acceptors (Lipinski definition) is 6. The summed E-state index contributed by atoms with van der Waals surface area (Å²) in [5.41, 5.74) is 10.8. The quantitative estimate of drug-likeness (QED) is 0.474. The molecule has 0 rings (SSSR count). The number of hydrogen-bond donors (Lipinski definition) is 4. The van der Waals surface area contributed by atoms with Gasteiger partial charge in [0, 0.05) is 10.5 Å². The summed E-state index contributed by atoms with van der Waals surface area (Å²) >= 11 is 0. The van der Waals surface area contributed by atoms with E-state index >= 15 is 0 Å². The zero-order valence-electron chi connectivity index (χ0n) is 9.04. The summed E-state index contributed by atoms with van der Waals surface area (Å²) in [6.07, 6.45) is 0. The Morgan fingerprint density at radius 2 is 1.75 bits per heavy atom. The molecule has 0 amide bonds. The average Bonchev–Trinajstić information content (AvgIpc) is 2.15. The normalized spacial score (nSPS) is 15.5. The smallest absolute Gasteiger partial charge is 0.321 e. The molecule has 0 fully saturated rings. The number of carboxylic acid groups (broad SMARTS) is 2. The standard InChI is InChI=1S/C8H16N2O4S2/c1-8(2,5(10)7(13)14)16-15-3-4(9)6(11)12/h4-5H,3,9-10H2,1-2H3,(H,11,12)(H,13,14)/t4?,5-/m0/s1. The van der Waals surface area contributed by atoms with E-state index in [9.17, 15) is 9.59 Å². The molecule has 94 valence electrons. The van der Waals surface area contributed by atoms with E-state index in [1.807, 2.05) is 0 Å². The van der Waals surface area contributed by atoms with Crippen molar-refractivity contribution < 1.29 is 19.8 Å². The van der Waals surface area contributed by atoms with Crippen molar-refractivity contribution in [3.05, 3.63) is 0 Å². The Balaban J connectivity index is 4.09. The topological polar surface area (TPSA) is 127 Å². The van der Waals surface area contributed by atoms with E-state index in [4.69, 9.17) is 21.7 Å². The van der Waals surface area contributed by atoms with Gasteiger partial charge >= 0.3 is 11.9 Å². The molecule has 0 aliphatic rings. The minimum Gasteiger partial charge on any atom is -0.480 e. The van der Waals surface area contributed by atoms with Gasteiger partial charge in [0.15, 0.2) is 0 Å². The number of aliphatic carboxylic acids is 2. The number of carboxylic acids is 2. The molecular weight excluding hydrogens is 252 g/mol. The Kier molecular flexibility index (Phi) is 6.16. The molecule has 16 heavy (non-hydrogen) atoms. The van der Waals surface area contributed by atoms with E-state index in [1.165, 1.54) is 21.6 Å². The fourth-order valence-electron chi connectivity index (χ4n) is 0.680. The molecule has 0 aromatic rings. The zero-order valence-corrected chi connectivity index (χ0v) is 10.7. The minimum atomic E-state index is -1.08. The summed E-state index contributed by atoms with van der Waals surface area (Å²) in [4.78, 5) is 21.1. The van der Waals surface area contributed by atoms with E-state index in [0.29, 0.717) is 0 Å². The van der Waals surface area contributed by atoms with Gasteiger partial charge in [-0.1, -0.05) is 21.6 Å². The molecular formula is C8H16N2O4S2. The second kappa shape index (κ2) is 6.33. The predicted octanol–water partition coefficient (Wildman–Crippen LogP) is -0.0298. The highest BCUT2D eigenvalue weighted by Crippen LogP contribution is 2.37. The van der Waals surface area contributed by atoms with Crippen LogP contribution in [0, 0.1) is 0 Å². The molecule has 8 heteroatoms. The first kappa shape index (κ1) is 15.6. The monoisotopic (exact) mass is 268 g/mol. The lowest BCUT2D eigenvalue weighted by Crippen LogP contribution is -2.46. The fourth-order valence-corrected chi connectivity index (χ4v) is 3.41. The van der Waals surface area contributed by atoms with Gasteiger partial charge in [-0.15, -0.1) is 0 Å². The first-order chi connectivity index (χ1) is 7.18. The minimum absolute atomic E-state index is 0.204. The average molecular weight is 268 g/mol. The van der Waals surface area contributed by atoms with Crippen LogP contribution in [0.25, 0.3) is 0 Å². The molecule has 0 aliphatic heterocycles. The van der Waals surface area contributed by atoms with Crippen LogP contribution in [0.3, 0.4) is 0 Å². The third kappa shape index (κ3) is 5.06. The van der Waals surface area contributed by atoms with Gasteiger partial charge in [-0.05, 0) is 13.8 Å². The van der Waals surface area contributed by atoms with Crippen molar-refractivity contribution in [3.63, 3.8) is 0 Å². The van der Waals surface area contributed by atoms with E-state index in [-0.39, 0.29) is 5.75 Å². The summed E-state index contributed by atoms with van der Waals surface area (Å²) < 4.78 is -0.686. The van der Waals surface area contributed by atoms with Gasteiger partial charge in [0.25, 0.3) is 0 Å². The molecule has 2 atom stereocenters. The maximum Gasteiger partial charge on any atom is 0.321 e. The molecule has 6 N–H and O–H groups in total. The van der Waals surface area contributed by atoms with Crippen molar-refractivity contribution in [2.45, 2.75) is 30.7 Å². The van der Waals surface area contributed by atoms with Gasteiger partial charge in [0.2, 0.25) is 0 Å². The van der Waals surface area contributed by atoms with Crippen molar-refractivity contribution in [3.8, 4) is 0 Å². The second-order valence-corrected chi connectivity index (χ2v) is 6.73. The maximum atomic E-state index is 10.7. The summed E-state index contributed by atoms with van der Waals surface area (Å²) in [7, 11) is 2.44. The highest BCUT2D eigenvalue weighted by Gasteiger charge is 2.33. The van der Waals surface area contributed by atoms with Crippen molar-refractivity contribution in [1.82, 2.24) is 0 Å². The van der Waals surface area contributed by atoms with Crippen LogP contribution in [-0.4, -0.2) is 44.7 Å². The maximum absolute atomic E-state index is 10.7. The van der Waals surface area contributed by atoms with Gasteiger partial charge < -0.3 is 21.7 Å². The molecule has 1 unspecified atom stereocenters. The third-order valence-electron chi connectivity index (χ3n) is 1.85. The van der Waals surface area contributed by atoms with E-state index < -0.39 is 28.8 Å². The van der Waals surface area contributed by atoms with Crippen LogP contribution < -0.4 is 11.5 Å². The Bertz CT molecular complexity index is 273. The van der Waals surface area contributed by atoms with Crippen molar-refractivity contribution in [2.75, 3.05) is 5.75 Å². The van der Waals surface area contributed by atoms with Crippen molar-refractivity contribution in [1.29, 1.82) is 0 Å². The molecule has 0 saturated carbocycles. The molecule has 0 saturated heterocycles. The third-order valence-corrected chi connectivity index (χ3v) is 5.20. The summed E-state index contributed by atoms with van der Waals surface area (Å²) in [6, 6.07) is -1.96. The van der Waals surface area contributed by atoms with E-state index in [0.717, 1.165) is 0 Å². The lowest BCUT2D eigenvalue weighted by molar-refractivity contribution is -0.139. The Morgan fingerprint density at radius 1 is 1.25 bits per heavy atom. The zero-order chi connectivity index (χ0) is 12.9. The number of rotatable bonds is 7. The van der Waals surface area contributed by atoms with Crippen LogP contribution in [0.4, 0.5) is 0 Å². The van der Waals surface area contributed by atoms with Crippen LogP contribution in [0.5, 0.6) is 0 Å². The van der Waals surface area contributed by atoms with Gasteiger partial charge in [0.1, 0.15) is 12.1 Å². The largest absolute Gasteiger partial charge is 0.480 e. The lowest BCUT2D eigenvalue weighted by atomic mass is 10.1. The van der Waals surface area contributed by atoms with Crippen LogP contribution >= 0.6 is 21.6 Å². The van der Waals surface area contributed by atoms with Crippen LogP contribution in [0.1, 0.15) is 13.8 Å². The first-order valence-corrected chi connectivity index (χ1v) is 6.77. The second-order valence-electron chi connectivity index (χ2n) is 3.73. The molecule has 0 radical (unpaired) electrons. The fraction of sp³-hybridized carbons (Fsp3) is 0.750. The van der Waals surface area contributed by atoms with Gasteiger partial charge in [-0.3, -0.25) is 9.59 Å². The van der Waals surface area contributed by atoms with Crippen LogP contribution in [0.2, 0.25) is 0 Å². The van der Waals surface area contributed by atoms with Gasteiger partial charge in [-0.2, -0.15) is 0 Å². The lowest BCUT2D eigenvalue weighted by Gasteiger charge is -2.27. The molecule has 0 aromatic carbocycles. The SMILES string of the molecule is CC(C)(SSCC(N)C(=O)O)[C@@H](N)C(=O)O. The summed E-state index contributed by atoms with van der Waals surface area (Å²) in [5, 5.41) is 17.3. The molecule has 0 heterocycles. The Morgan fingerprint density at radius 3 is 2.12 bits per heavy atom. The van der Waals surface area contributed by atoms with Gasteiger partial charge in [0.05, 0.1) is 0 Å².